The van der Waals surface area contributed by atoms with E-state index in [1.165, 1.54) is 10.1 Å². The summed E-state index contributed by atoms with van der Waals surface area (Å²) in [4.78, 5) is 33.7. The predicted molar refractivity (Wildman–Crippen MR) is 115 cm³/mol. The summed E-state index contributed by atoms with van der Waals surface area (Å²) in [6.45, 7) is 2.27. The molecule has 2 aromatic heterocycles. The number of hydrogen-bond donors (Lipinski definition) is 0. The quantitative estimate of drug-likeness (QED) is 0.626. The number of carbonyl (C=O) groups excluding carboxylic acids is 1. The van der Waals surface area contributed by atoms with Crippen LogP contribution >= 0.6 is 0 Å². The monoisotopic (exact) mass is 422 g/mol. The molecular weight excluding hydrogens is 396 g/mol. The van der Waals surface area contributed by atoms with Crippen molar-refractivity contribution >= 4 is 17.0 Å². The lowest BCUT2D eigenvalue weighted by Crippen LogP contribution is -2.60. The van der Waals surface area contributed by atoms with Gasteiger partial charge in [0.25, 0.3) is 0 Å². The number of carbonyl (C=O) groups is 1. The summed E-state index contributed by atoms with van der Waals surface area (Å²) in [6, 6.07) is 11.9. The molecule has 2 unspecified atom stereocenters. The zero-order valence-electron chi connectivity index (χ0n) is 17.5. The number of fused-ring (bicyclic) bond motifs is 1. The molecule has 5 rings (SSSR count). The van der Waals surface area contributed by atoms with Crippen molar-refractivity contribution < 1.29 is 13.9 Å². The molecule has 2 saturated heterocycles. The normalized spacial score (nSPS) is 22.5. The first kappa shape index (κ1) is 20.0. The average Bonchev–Trinajstić information content (AvgIpc) is 3.09. The zero-order valence-corrected chi connectivity index (χ0v) is 17.5. The van der Waals surface area contributed by atoms with Crippen LogP contribution in [0.3, 0.4) is 0 Å². The van der Waals surface area contributed by atoms with E-state index in [0.29, 0.717) is 30.2 Å². The fourth-order valence-electron chi connectivity index (χ4n) is 4.88. The van der Waals surface area contributed by atoms with Gasteiger partial charge in [-0.15, -0.1) is 0 Å². The maximum atomic E-state index is 12.9. The second kappa shape index (κ2) is 8.28. The van der Waals surface area contributed by atoms with Gasteiger partial charge in [0.1, 0.15) is 6.54 Å². The van der Waals surface area contributed by atoms with Crippen molar-refractivity contribution in [3.05, 3.63) is 64.9 Å². The molecular formula is C23H26N4O4. The van der Waals surface area contributed by atoms with Crippen LogP contribution in [0.25, 0.3) is 11.1 Å². The van der Waals surface area contributed by atoms with E-state index in [1.807, 2.05) is 29.3 Å². The van der Waals surface area contributed by atoms with Gasteiger partial charge in [0.05, 0.1) is 17.7 Å². The minimum atomic E-state index is -0.491. The Morgan fingerprint density at radius 1 is 1.19 bits per heavy atom. The van der Waals surface area contributed by atoms with Crippen molar-refractivity contribution in [2.24, 2.45) is 0 Å². The van der Waals surface area contributed by atoms with Crippen molar-refractivity contribution in [1.82, 2.24) is 19.4 Å². The molecule has 0 radical (unpaired) electrons. The summed E-state index contributed by atoms with van der Waals surface area (Å²) in [5.41, 5.74) is 2.33. The first-order valence-electron chi connectivity index (χ1n) is 10.7. The standard InChI is InChI=1S/C23H26N4O4/c1-30-20-14-26(22(20)16-5-4-10-24-13-16)17-8-11-25(12-9-17)21(28)15-27-18-6-2-3-7-19(18)31-23(27)29/h2-7,10,13,17,20,22H,8-9,11-12,14-15H2,1H3. The van der Waals surface area contributed by atoms with Gasteiger partial charge in [-0.2, -0.15) is 0 Å². The number of amides is 1. The molecule has 0 spiro atoms. The van der Waals surface area contributed by atoms with Crippen LogP contribution in [-0.2, 0) is 16.1 Å². The largest absolute Gasteiger partial charge is 0.420 e. The number of rotatable bonds is 5. The summed E-state index contributed by atoms with van der Waals surface area (Å²) < 4.78 is 12.3. The molecule has 0 N–H and O–H groups in total. The summed E-state index contributed by atoms with van der Waals surface area (Å²) in [5, 5.41) is 0. The lowest BCUT2D eigenvalue weighted by molar-refractivity contribution is -0.138. The SMILES string of the molecule is COC1CN(C2CCN(C(=O)Cn3c(=O)oc4ccccc43)CC2)C1c1cccnc1. The van der Waals surface area contributed by atoms with E-state index < -0.39 is 5.76 Å². The topological polar surface area (TPSA) is 80.8 Å². The van der Waals surface area contributed by atoms with Gasteiger partial charge >= 0.3 is 5.76 Å². The third-order valence-corrected chi connectivity index (χ3v) is 6.58. The number of methoxy groups -OCH3 is 1. The Kier molecular flexibility index (Phi) is 5.33. The van der Waals surface area contributed by atoms with Crippen molar-refractivity contribution in [3.63, 3.8) is 0 Å². The van der Waals surface area contributed by atoms with Crippen molar-refractivity contribution in [1.29, 1.82) is 0 Å². The van der Waals surface area contributed by atoms with E-state index in [0.717, 1.165) is 19.4 Å². The van der Waals surface area contributed by atoms with Crippen LogP contribution in [0.5, 0.6) is 0 Å². The predicted octanol–water partition coefficient (Wildman–Crippen LogP) is 2.05. The molecule has 0 aliphatic carbocycles. The highest BCUT2D eigenvalue weighted by atomic mass is 16.5. The van der Waals surface area contributed by atoms with Crippen LogP contribution in [-0.4, -0.2) is 64.1 Å². The second-order valence-electron chi connectivity index (χ2n) is 8.24. The van der Waals surface area contributed by atoms with Crippen LogP contribution < -0.4 is 5.76 Å². The highest BCUT2D eigenvalue weighted by Crippen LogP contribution is 2.39. The first-order chi connectivity index (χ1) is 15.2. The molecule has 2 aliphatic rings. The minimum Gasteiger partial charge on any atom is -0.408 e. The molecule has 8 nitrogen and oxygen atoms in total. The Hall–Kier alpha value is -2.97. The van der Waals surface area contributed by atoms with Crippen LogP contribution in [0.2, 0.25) is 0 Å². The third kappa shape index (κ3) is 3.66. The van der Waals surface area contributed by atoms with E-state index in [-0.39, 0.29) is 24.6 Å². The van der Waals surface area contributed by atoms with Gasteiger partial charge in [-0.3, -0.25) is 19.2 Å². The molecule has 0 saturated carbocycles. The number of likely N-dealkylation sites (tertiary alicyclic amines) is 2. The van der Waals surface area contributed by atoms with Crippen LogP contribution in [0, 0.1) is 0 Å². The van der Waals surface area contributed by atoms with Crippen molar-refractivity contribution in [3.8, 4) is 0 Å². The highest BCUT2D eigenvalue weighted by molar-refractivity contribution is 5.79. The van der Waals surface area contributed by atoms with Gasteiger partial charge in [-0.1, -0.05) is 18.2 Å². The molecule has 3 aromatic rings. The summed E-state index contributed by atoms with van der Waals surface area (Å²) in [5.74, 6) is -0.538. The third-order valence-electron chi connectivity index (χ3n) is 6.58. The fraction of sp³-hybridized carbons (Fsp3) is 0.435. The Bertz CT molecular complexity index is 1120. The molecule has 2 atom stereocenters. The van der Waals surface area contributed by atoms with Gasteiger partial charge in [-0.25, -0.2) is 4.79 Å². The Morgan fingerprint density at radius 2 is 2.00 bits per heavy atom. The van der Waals surface area contributed by atoms with Gasteiger partial charge in [0.2, 0.25) is 5.91 Å². The lowest BCUT2D eigenvalue weighted by atomic mass is 9.87. The lowest BCUT2D eigenvalue weighted by Gasteiger charge is -2.52. The van der Waals surface area contributed by atoms with Crippen molar-refractivity contribution in [2.45, 2.75) is 37.6 Å². The summed E-state index contributed by atoms with van der Waals surface area (Å²) in [7, 11) is 1.76. The maximum absolute atomic E-state index is 12.9. The second-order valence-corrected chi connectivity index (χ2v) is 8.24. The van der Waals surface area contributed by atoms with E-state index in [9.17, 15) is 9.59 Å². The van der Waals surface area contributed by atoms with Crippen LogP contribution in [0.4, 0.5) is 0 Å². The molecule has 0 bridgehead atoms. The van der Waals surface area contributed by atoms with Crippen LogP contribution in [0.1, 0.15) is 24.4 Å². The number of ether oxygens (including phenoxy) is 1. The maximum Gasteiger partial charge on any atom is 0.420 e. The smallest absolute Gasteiger partial charge is 0.408 e. The van der Waals surface area contributed by atoms with Crippen LogP contribution in [0.15, 0.2) is 58.0 Å². The molecule has 162 valence electrons. The molecule has 2 aliphatic heterocycles. The molecule has 1 aromatic carbocycles. The van der Waals surface area contributed by atoms with Gasteiger partial charge < -0.3 is 14.1 Å². The first-order valence-corrected chi connectivity index (χ1v) is 10.7. The number of nitrogens with zero attached hydrogens (tertiary/aromatic N) is 4. The summed E-state index contributed by atoms with van der Waals surface area (Å²) >= 11 is 0. The molecule has 8 heteroatoms. The Labute approximate surface area is 180 Å². The molecule has 31 heavy (non-hydrogen) atoms. The number of oxazole rings is 1. The van der Waals surface area contributed by atoms with E-state index in [1.54, 1.807) is 25.4 Å². The number of pyridine rings is 1. The molecule has 1 amide bonds. The average molecular weight is 422 g/mol. The minimum absolute atomic E-state index is 0.00822. The van der Waals surface area contributed by atoms with Crippen molar-refractivity contribution in [2.75, 3.05) is 26.7 Å². The highest BCUT2D eigenvalue weighted by Gasteiger charge is 2.44. The van der Waals surface area contributed by atoms with E-state index in [2.05, 4.69) is 16.0 Å². The number of benzene rings is 1. The van der Waals surface area contributed by atoms with E-state index in [4.69, 9.17) is 9.15 Å². The molecule has 4 heterocycles. The van der Waals surface area contributed by atoms with Gasteiger partial charge in [0, 0.05) is 45.2 Å². The fourth-order valence-corrected chi connectivity index (χ4v) is 4.88. The Morgan fingerprint density at radius 3 is 2.74 bits per heavy atom. The van der Waals surface area contributed by atoms with Gasteiger partial charge in [-0.05, 0) is 36.6 Å². The number of piperidine rings is 1. The van der Waals surface area contributed by atoms with E-state index >= 15 is 0 Å². The number of hydrogen-bond acceptors (Lipinski definition) is 6. The molecule has 2 fully saturated rings. The zero-order chi connectivity index (χ0) is 21.4. The number of para-hydroxylation sites is 2. The summed E-state index contributed by atoms with van der Waals surface area (Å²) in [6.07, 6.45) is 5.67. The Balaban J connectivity index is 1.23. The van der Waals surface area contributed by atoms with Gasteiger partial charge in [0.15, 0.2) is 5.58 Å². The number of aromatic nitrogens is 2.